The summed E-state index contributed by atoms with van der Waals surface area (Å²) < 4.78 is 1.23. The SMILES string of the molecule is CC(=O)[C@H](C)NC(=O)c1c(O)c2c(Cl)cccc2n(C)c1=O. The van der Waals surface area contributed by atoms with Gasteiger partial charge in [0.05, 0.1) is 22.0 Å². The van der Waals surface area contributed by atoms with E-state index in [1.807, 2.05) is 0 Å². The van der Waals surface area contributed by atoms with Crippen molar-refractivity contribution in [3.05, 3.63) is 39.1 Å². The van der Waals surface area contributed by atoms with Gasteiger partial charge in [-0.1, -0.05) is 17.7 Å². The molecule has 1 aromatic carbocycles. The largest absolute Gasteiger partial charge is 0.506 e. The summed E-state index contributed by atoms with van der Waals surface area (Å²) in [5, 5.41) is 13.1. The number of benzene rings is 1. The van der Waals surface area contributed by atoms with Crippen LogP contribution in [-0.4, -0.2) is 27.4 Å². The van der Waals surface area contributed by atoms with Gasteiger partial charge >= 0.3 is 0 Å². The van der Waals surface area contributed by atoms with E-state index in [0.29, 0.717) is 5.52 Å². The molecule has 1 amide bonds. The van der Waals surface area contributed by atoms with Crippen molar-refractivity contribution in [2.45, 2.75) is 19.9 Å². The summed E-state index contributed by atoms with van der Waals surface area (Å²) in [4.78, 5) is 35.8. The lowest BCUT2D eigenvalue weighted by Gasteiger charge is -2.14. The molecule has 0 saturated carbocycles. The van der Waals surface area contributed by atoms with Crippen molar-refractivity contribution in [2.24, 2.45) is 7.05 Å². The number of aromatic hydroxyl groups is 1. The zero-order valence-electron chi connectivity index (χ0n) is 12.3. The van der Waals surface area contributed by atoms with E-state index in [2.05, 4.69) is 5.32 Å². The van der Waals surface area contributed by atoms with Crippen LogP contribution in [0.25, 0.3) is 10.9 Å². The van der Waals surface area contributed by atoms with Crippen LogP contribution < -0.4 is 10.9 Å². The Morgan fingerprint density at radius 2 is 2.00 bits per heavy atom. The standard InChI is InChI=1S/C15H15ClN2O4/c1-7(8(2)19)17-14(21)12-13(20)11-9(16)5-4-6-10(11)18(3)15(12)22/h4-7,20H,1-3H3,(H,17,21)/t7-/m0/s1. The second-order valence-corrected chi connectivity index (χ2v) is 5.43. The van der Waals surface area contributed by atoms with Gasteiger partial charge in [-0.25, -0.2) is 0 Å². The molecule has 6 nitrogen and oxygen atoms in total. The van der Waals surface area contributed by atoms with Gasteiger partial charge in [0.2, 0.25) is 0 Å². The Bertz CT molecular complexity index is 842. The molecular formula is C15H15ClN2O4. The van der Waals surface area contributed by atoms with Gasteiger partial charge in [-0.15, -0.1) is 0 Å². The molecule has 2 rings (SSSR count). The van der Waals surface area contributed by atoms with E-state index in [9.17, 15) is 19.5 Å². The molecule has 0 unspecified atom stereocenters. The zero-order chi connectivity index (χ0) is 16.6. The topological polar surface area (TPSA) is 88.4 Å². The lowest BCUT2D eigenvalue weighted by molar-refractivity contribution is -0.118. The van der Waals surface area contributed by atoms with Crippen molar-refractivity contribution in [3.63, 3.8) is 0 Å². The van der Waals surface area contributed by atoms with Gasteiger partial charge in [-0.2, -0.15) is 0 Å². The maximum Gasteiger partial charge on any atom is 0.267 e. The van der Waals surface area contributed by atoms with Gasteiger partial charge < -0.3 is 15.0 Å². The number of Topliss-reactive ketones (excluding diaryl/α,β-unsaturated/α-hetero) is 1. The average molecular weight is 323 g/mol. The zero-order valence-corrected chi connectivity index (χ0v) is 13.1. The van der Waals surface area contributed by atoms with Crippen LogP contribution in [0.5, 0.6) is 5.75 Å². The molecule has 22 heavy (non-hydrogen) atoms. The highest BCUT2D eigenvalue weighted by Gasteiger charge is 2.24. The fraction of sp³-hybridized carbons (Fsp3) is 0.267. The highest BCUT2D eigenvalue weighted by atomic mass is 35.5. The molecule has 1 atom stereocenters. The minimum absolute atomic E-state index is 0.215. The fourth-order valence-corrected chi connectivity index (χ4v) is 2.36. The van der Waals surface area contributed by atoms with E-state index in [4.69, 9.17) is 11.6 Å². The number of halogens is 1. The first-order chi connectivity index (χ1) is 10.3. The maximum absolute atomic E-state index is 12.3. The Labute approximate surface area is 131 Å². The van der Waals surface area contributed by atoms with Gasteiger partial charge in [0, 0.05) is 7.05 Å². The van der Waals surface area contributed by atoms with Gasteiger partial charge in [0.15, 0.2) is 5.78 Å². The maximum atomic E-state index is 12.3. The van der Waals surface area contributed by atoms with Crippen LogP contribution in [0.2, 0.25) is 5.02 Å². The van der Waals surface area contributed by atoms with Crippen molar-refractivity contribution < 1.29 is 14.7 Å². The summed E-state index contributed by atoms with van der Waals surface area (Å²) in [6.07, 6.45) is 0. The summed E-state index contributed by atoms with van der Waals surface area (Å²) in [5.74, 6) is -1.57. The lowest BCUT2D eigenvalue weighted by Crippen LogP contribution is -2.40. The Morgan fingerprint density at radius 1 is 1.36 bits per heavy atom. The van der Waals surface area contributed by atoms with Crippen LogP contribution in [-0.2, 0) is 11.8 Å². The summed E-state index contributed by atoms with van der Waals surface area (Å²) in [5.41, 5.74) is -0.692. The van der Waals surface area contributed by atoms with Crippen molar-refractivity contribution in [3.8, 4) is 5.75 Å². The van der Waals surface area contributed by atoms with Gasteiger partial charge in [-0.05, 0) is 26.0 Å². The minimum atomic E-state index is -0.817. The number of rotatable bonds is 3. The first-order valence-corrected chi connectivity index (χ1v) is 6.95. The normalized spacial score (nSPS) is 12.2. The first-order valence-electron chi connectivity index (χ1n) is 6.57. The molecule has 2 N–H and O–H groups in total. The van der Waals surface area contributed by atoms with Crippen LogP contribution in [0.4, 0.5) is 0 Å². The van der Waals surface area contributed by atoms with Crippen molar-refractivity contribution >= 4 is 34.2 Å². The molecule has 0 fully saturated rings. The first kappa shape index (κ1) is 16.0. The number of hydrogen-bond acceptors (Lipinski definition) is 4. The highest BCUT2D eigenvalue weighted by Crippen LogP contribution is 2.32. The molecule has 7 heteroatoms. The Balaban J connectivity index is 2.70. The molecule has 0 saturated heterocycles. The number of hydrogen-bond donors (Lipinski definition) is 2. The third-order valence-corrected chi connectivity index (χ3v) is 3.84. The second kappa shape index (κ2) is 5.81. The van der Waals surface area contributed by atoms with Gasteiger partial charge in [-0.3, -0.25) is 14.4 Å². The molecule has 0 bridgehead atoms. The van der Waals surface area contributed by atoms with E-state index in [0.717, 1.165) is 0 Å². The van der Waals surface area contributed by atoms with E-state index in [1.165, 1.54) is 25.5 Å². The lowest BCUT2D eigenvalue weighted by atomic mass is 10.1. The molecule has 0 aliphatic carbocycles. The number of nitrogens with one attached hydrogen (secondary N) is 1. The van der Waals surface area contributed by atoms with Crippen molar-refractivity contribution in [1.82, 2.24) is 9.88 Å². The highest BCUT2D eigenvalue weighted by molar-refractivity contribution is 6.36. The Kier molecular flexibility index (Phi) is 4.23. The molecule has 1 aromatic heterocycles. The minimum Gasteiger partial charge on any atom is -0.506 e. The fourth-order valence-electron chi connectivity index (χ4n) is 2.11. The molecule has 0 aliphatic heterocycles. The molecule has 2 aromatic rings. The number of carbonyl (C=O) groups excluding carboxylic acids is 2. The quantitative estimate of drug-likeness (QED) is 0.898. The number of aromatic nitrogens is 1. The van der Waals surface area contributed by atoms with Crippen LogP contribution in [0, 0.1) is 0 Å². The molecule has 116 valence electrons. The monoisotopic (exact) mass is 322 g/mol. The van der Waals surface area contributed by atoms with Crippen LogP contribution in [0.3, 0.4) is 0 Å². The summed E-state index contributed by atoms with van der Waals surface area (Å²) in [6, 6.07) is 4.04. The molecule has 0 aliphatic rings. The summed E-state index contributed by atoms with van der Waals surface area (Å²) in [6.45, 7) is 2.82. The number of nitrogens with zero attached hydrogens (tertiary/aromatic N) is 1. The molecule has 1 heterocycles. The number of aryl methyl sites for hydroxylation is 1. The molecule has 0 radical (unpaired) electrons. The van der Waals surface area contributed by atoms with E-state index in [1.54, 1.807) is 18.2 Å². The number of pyridine rings is 1. The van der Waals surface area contributed by atoms with Crippen LogP contribution in [0.15, 0.2) is 23.0 Å². The Morgan fingerprint density at radius 3 is 2.59 bits per heavy atom. The van der Waals surface area contributed by atoms with Gasteiger partial charge in [0.25, 0.3) is 11.5 Å². The van der Waals surface area contributed by atoms with Crippen molar-refractivity contribution in [1.29, 1.82) is 0 Å². The number of amides is 1. The number of ketones is 1. The third-order valence-electron chi connectivity index (χ3n) is 3.53. The number of fused-ring (bicyclic) bond motifs is 1. The second-order valence-electron chi connectivity index (χ2n) is 5.03. The average Bonchev–Trinajstić information content (AvgIpc) is 2.44. The smallest absolute Gasteiger partial charge is 0.267 e. The van der Waals surface area contributed by atoms with Crippen molar-refractivity contribution in [2.75, 3.05) is 0 Å². The van der Waals surface area contributed by atoms with Gasteiger partial charge in [0.1, 0.15) is 11.3 Å². The van der Waals surface area contributed by atoms with Crippen LogP contribution >= 0.6 is 11.6 Å². The van der Waals surface area contributed by atoms with E-state index < -0.39 is 28.8 Å². The predicted molar refractivity (Wildman–Crippen MR) is 83.5 cm³/mol. The molecule has 0 spiro atoms. The Hall–Kier alpha value is -2.34. The summed E-state index contributed by atoms with van der Waals surface area (Å²) >= 11 is 6.06. The van der Waals surface area contributed by atoms with Crippen LogP contribution in [0.1, 0.15) is 24.2 Å². The number of carbonyl (C=O) groups is 2. The predicted octanol–water partition coefficient (Wildman–Crippen LogP) is 1.60. The van der Waals surface area contributed by atoms with E-state index in [-0.39, 0.29) is 16.2 Å². The summed E-state index contributed by atoms with van der Waals surface area (Å²) in [7, 11) is 1.48. The van der Waals surface area contributed by atoms with E-state index >= 15 is 0 Å². The third kappa shape index (κ3) is 2.57. The molecular weight excluding hydrogens is 308 g/mol.